The predicted molar refractivity (Wildman–Crippen MR) is 214 cm³/mol. The van der Waals surface area contributed by atoms with Crippen LogP contribution in [-0.2, 0) is 11.2 Å². The first-order chi connectivity index (χ1) is 26.8. The Morgan fingerprint density at radius 1 is 0.786 bits per heavy atom. The average Bonchev–Trinajstić information content (AvgIpc) is 3.79. The van der Waals surface area contributed by atoms with Gasteiger partial charge < -0.3 is 45.0 Å². The summed E-state index contributed by atoms with van der Waals surface area (Å²) >= 11 is 3.33. The number of amides is 3. The van der Waals surface area contributed by atoms with Gasteiger partial charge in [0.15, 0.2) is 4.34 Å². The van der Waals surface area contributed by atoms with E-state index in [2.05, 4.69) is 42.4 Å². The zero-order chi connectivity index (χ0) is 40.6. The molecule has 19 heteroatoms. The Labute approximate surface area is 336 Å². The van der Waals surface area contributed by atoms with Gasteiger partial charge in [0.25, 0.3) is 5.22 Å². The van der Waals surface area contributed by atoms with Crippen LogP contribution < -0.4 is 20.7 Å². The maximum absolute atomic E-state index is 12.1. The van der Waals surface area contributed by atoms with Crippen molar-refractivity contribution in [2.45, 2.75) is 86.1 Å². The van der Waals surface area contributed by atoms with Crippen LogP contribution in [0.5, 0.6) is 28.7 Å². The van der Waals surface area contributed by atoms with E-state index in [4.69, 9.17) is 13.9 Å². The number of nitrogens with zero attached hydrogens (tertiary/aromatic N) is 4. The average molecular weight is 828 g/mol. The highest BCUT2D eigenvalue weighted by Crippen LogP contribution is 2.41. The fraction of sp³-hybridized carbons (Fsp3) is 0.351. The summed E-state index contributed by atoms with van der Waals surface area (Å²) in [4.78, 5) is 24.5. The van der Waals surface area contributed by atoms with E-state index in [1.54, 1.807) is 6.92 Å². The van der Waals surface area contributed by atoms with Gasteiger partial charge in [-0.05, 0) is 87.2 Å². The van der Waals surface area contributed by atoms with Crippen LogP contribution in [0.3, 0.4) is 0 Å². The van der Waals surface area contributed by atoms with Crippen molar-refractivity contribution in [3.05, 3.63) is 65.0 Å². The molecule has 56 heavy (non-hydrogen) atoms. The summed E-state index contributed by atoms with van der Waals surface area (Å²) < 4.78 is 16.7. The summed E-state index contributed by atoms with van der Waals surface area (Å²) in [5.74, 6) is 1.15. The van der Waals surface area contributed by atoms with Crippen LogP contribution in [-0.4, -0.2) is 72.7 Å². The molecule has 3 aromatic carbocycles. The highest BCUT2D eigenvalue weighted by molar-refractivity contribution is 8.01. The Bertz CT molecular complexity index is 2080. The van der Waals surface area contributed by atoms with E-state index in [0.717, 1.165) is 65.4 Å². The molecular weight excluding hydrogens is 783 g/mol. The minimum absolute atomic E-state index is 0.0500. The van der Waals surface area contributed by atoms with Gasteiger partial charge in [-0.25, -0.2) is 9.59 Å². The van der Waals surface area contributed by atoms with E-state index in [-0.39, 0.29) is 33.9 Å². The molecule has 0 fully saturated rings. The summed E-state index contributed by atoms with van der Waals surface area (Å²) in [6.07, 6.45) is 3.33. The minimum atomic E-state index is -0.568. The van der Waals surface area contributed by atoms with E-state index < -0.39 is 12.1 Å². The van der Waals surface area contributed by atoms with Crippen molar-refractivity contribution >= 4 is 57.8 Å². The molecule has 0 atom stereocenters. The van der Waals surface area contributed by atoms with Crippen LogP contribution in [0.25, 0.3) is 0 Å². The number of aryl methyl sites for hydroxylation is 4. The molecule has 16 nitrogen and oxygen atoms in total. The number of aromatic nitrogens is 4. The maximum atomic E-state index is 12.1. The Hall–Kier alpha value is -5.40. The Balaban J connectivity index is 0.000000265. The van der Waals surface area contributed by atoms with Gasteiger partial charge in [-0.15, -0.1) is 20.4 Å². The second-order valence-corrected chi connectivity index (χ2v) is 15.5. The lowest BCUT2D eigenvalue weighted by Crippen LogP contribution is -2.30. The molecular formula is C37H45N7O9S3. The van der Waals surface area contributed by atoms with Crippen LogP contribution >= 0.6 is 34.9 Å². The maximum Gasteiger partial charge on any atom is 0.413 e. The van der Waals surface area contributed by atoms with Gasteiger partial charge in [0, 0.05) is 19.0 Å². The van der Waals surface area contributed by atoms with Crippen molar-refractivity contribution in [3.63, 3.8) is 0 Å². The number of phenols is 4. The lowest BCUT2D eigenvalue weighted by molar-refractivity contribution is 0.160. The number of ether oxygens (including phenoxy) is 2. The van der Waals surface area contributed by atoms with E-state index in [1.165, 1.54) is 29.8 Å². The molecule has 3 amide bonds. The fourth-order valence-corrected chi connectivity index (χ4v) is 7.07. The third-order valence-corrected chi connectivity index (χ3v) is 10.3. The van der Waals surface area contributed by atoms with Crippen molar-refractivity contribution in [1.29, 1.82) is 0 Å². The van der Waals surface area contributed by atoms with E-state index >= 15 is 0 Å². The van der Waals surface area contributed by atoms with E-state index in [9.17, 15) is 30.0 Å². The molecule has 2 aromatic heterocycles. The minimum Gasteiger partial charge on any atom is -0.508 e. The zero-order valence-electron chi connectivity index (χ0n) is 31.5. The molecule has 2 heterocycles. The molecule has 0 bridgehead atoms. The molecule has 0 aliphatic carbocycles. The van der Waals surface area contributed by atoms with Gasteiger partial charge in [-0.1, -0.05) is 61.1 Å². The van der Waals surface area contributed by atoms with Crippen LogP contribution in [0.4, 0.5) is 20.4 Å². The third-order valence-electron chi connectivity index (χ3n) is 7.45. The normalized spacial score (nSPS) is 10.7. The van der Waals surface area contributed by atoms with E-state index in [0.29, 0.717) is 63.3 Å². The SMILES string of the molecule is CCCCOC(=O)Nc1nnc(Sc2cc(O)c(C)cc2O)s1.CCCc1nnc(Sc2cc(O)c(NC(=O)NCCCOc3ccc(C)cc3C)cc2O)o1. The van der Waals surface area contributed by atoms with Crippen molar-refractivity contribution in [2.24, 2.45) is 0 Å². The number of benzene rings is 3. The van der Waals surface area contributed by atoms with Gasteiger partial charge in [0.05, 0.1) is 28.7 Å². The van der Waals surface area contributed by atoms with Gasteiger partial charge in [-0.2, -0.15) is 0 Å². The summed E-state index contributed by atoms with van der Waals surface area (Å²) in [5.41, 5.74) is 2.91. The largest absolute Gasteiger partial charge is 0.508 e. The lowest BCUT2D eigenvalue weighted by Gasteiger charge is -2.12. The van der Waals surface area contributed by atoms with Crippen LogP contribution in [0.15, 0.2) is 66.2 Å². The summed E-state index contributed by atoms with van der Waals surface area (Å²) in [6.45, 7) is 10.9. The summed E-state index contributed by atoms with van der Waals surface area (Å²) in [5, 5.41) is 64.0. The number of carbonyl (C=O) groups excluding carboxylic acids is 2. The molecule has 0 saturated carbocycles. The van der Waals surface area contributed by atoms with E-state index in [1.807, 2.05) is 39.8 Å². The number of nitrogens with one attached hydrogen (secondary N) is 3. The monoisotopic (exact) mass is 827 g/mol. The summed E-state index contributed by atoms with van der Waals surface area (Å²) in [6, 6.07) is 11.0. The summed E-state index contributed by atoms with van der Waals surface area (Å²) in [7, 11) is 0. The molecule has 0 aliphatic rings. The first-order valence-corrected chi connectivity index (χ1v) is 20.1. The number of aromatic hydroxyl groups is 4. The molecule has 0 unspecified atom stereocenters. The quantitative estimate of drug-likeness (QED) is 0.0214. The topological polar surface area (TPSA) is 234 Å². The molecule has 0 radical (unpaired) electrons. The molecule has 0 spiro atoms. The first kappa shape index (κ1) is 43.3. The Kier molecular flexibility index (Phi) is 16.7. The molecule has 7 N–H and O–H groups in total. The molecule has 0 saturated heterocycles. The highest BCUT2D eigenvalue weighted by atomic mass is 32.2. The number of rotatable bonds is 16. The highest BCUT2D eigenvalue weighted by Gasteiger charge is 2.16. The smallest absolute Gasteiger partial charge is 0.413 e. The number of anilines is 2. The number of hydrogen-bond donors (Lipinski definition) is 7. The number of hydrogen-bond acceptors (Lipinski definition) is 16. The number of unbranched alkanes of at least 4 members (excludes halogenated alkanes) is 1. The van der Waals surface area contributed by atoms with Gasteiger partial charge >= 0.3 is 12.1 Å². The lowest BCUT2D eigenvalue weighted by atomic mass is 10.1. The number of phenolic OH excluding ortho intramolecular Hbond substituents is 4. The molecule has 300 valence electrons. The Morgan fingerprint density at radius 2 is 1.54 bits per heavy atom. The van der Waals surface area contributed by atoms with Crippen molar-refractivity contribution in [3.8, 4) is 28.7 Å². The zero-order valence-corrected chi connectivity index (χ0v) is 34.0. The standard InChI is InChI=1S/C23H28N4O5S.C14H17N3O4S2/c1-4-6-21-26-27-23(32-21)33-20-13-17(28)16(12-18(20)29)25-22(30)24-9-5-10-31-19-8-7-14(2)11-15(19)3;1-3-4-5-21-13(20)15-12-16-17-14(23-12)22-11-7-9(18)8(2)6-10(11)19/h7-8,11-13,28-29H,4-6,9-10H2,1-3H3,(H2,24,25,30);6-7,18-19H,3-5H2,1-2H3,(H,15,16,20). The van der Waals surface area contributed by atoms with Crippen molar-refractivity contribution in [2.75, 3.05) is 30.4 Å². The molecule has 5 rings (SSSR count). The van der Waals surface area contributed by atoms with Crippen molar-refractivity contribution in [1.82, 2.24) is 25.7 Å². The van der Waals surface area contributed by atoms with Crippen LogP contribution in [0, 0.1) is 20.8 Å². The first-order valence-electron chi connectivity index (χ1n) is 17.6. The van der Waals surface area contributed by atoms with Crippen LogP contribution in [0.1, 0.15) is 62.1 Å². The van der Waals surface area contributed by atoms with Crippen molar-refractivity contribution < 1.29 is 43.9 Å². The second-order valence-electron chi connectivity index (χ2n) is 12.2. The van der Waals surface area contributed by atoms with Gasteiger partial charge in [-0.3, -0.25) is 5.32 Å². The fourth-order valence-electron chi connectivity index (χ4n) is 4.58. The number of urea groups is 1. The molecule has 0 aliphatic heterocycles. The Morgan fingerprint density at radius 3 is 2.29 bits per heavy atom. The van der Waals surface area contributed by atoms with Gasteiger partial charge in [0.2, 0.25) is 11.0 Å². The second kappa shape index (κ2) is 21.6. The predicted octanol–water partition coefficient (Wildman–Crippen LogP) is 8.55. The molecule has 5 aromatic rings. The van der Waals surface area contributed by atoms with Crippen LogP contribution in [0.2, 0.25) is 0 Å². The third kappa shape index (κ3) is 13.7. The number of carbonyl (C=O) groups is 2. The van der Waals surface area contributed by atoms with Gasteiger partial charge in [0.1, 0.15) is 28.7 Å².